The van der Waals surface area contributed by atoms with E-state index in [2.05, 4.69) is 15.3 Å². The zero-order valence-corrected chi connectivity index (χ0v) is 16.0. The summed E-state index contributed by atoms with van der Waals surface area (Å²) < 4.78 is 5.45. The van der Waals surface area contributed by atoms with Crippen molar-refractivity contribution in [3.05, 3.63) is 34.9 Å². The topological polar surface area (TPSA) is 87.4 Å². The molecular weight excluding hydrogens is 332 g/mol. The van der Waals surface area contributed by atoms with Crippen LogP contribution in [0, 0.1) is 13.8 Å². The predicted molar refractivity (Wildman–Crippen MR) is 98.1 cm³/mol. The zero-order valence-electron chi connectivity index (χ0n) is 16.0. The van der Waals surface area contributed by atoms with Gasteiger partial charge in [-0.2, -0.15) is 0 Å². The monoisotopic (exact) mass is 358 g/mol. The van der Waals surface area contributed by atoms with Crippen LogP contribution in [-0.2, 0) is 6.54 Å². The molecule has 1 atom stereocenters. The van der Waals surface area contributed by atoms with Crippen LogP contribution in [0.3, 0.4) is 0 Å². The summed E-state index contributed by atoms with van der Waals surface area (Å²) in [6.07, 6.45) is 2.15. The Kier molecular flexibility index (Phi) is 5.22. The first-order chi connectivity index (χ1) is 12.3. The van der Waals surface area contributed by atoms with Gasteiger partial charge in [-0.3, -0.25) is 4.79 Å². The standard InChI is InChI=1S/C18H26N6O2/c1-11-16(26-12(2)20-11)18(25)24(5)10-13-9-15(23(3)4)22-17(21-13)14-7-6-8-19-14/h9,14,19H,6-8,10H2,1-5H3. The van der Waals surface area contributed by atoms with Crippen LogP contribution in [0.15, 0.2) is 10.5 Å². The maximum atomic E-state index is 12.7. The number of anilines is 1. The lowest BCUT2D eigenvalue weighted by molar-refractivity contribution is 0.0749. The number of carbonyl (C=O) groups excluding carboxylic acids is 1. The lowest BCUT2D eigenvalue weighted by atomic mass is 10.2. The summed E-state index contributed by atoms with van der Waals surface area (Å²) in [5.41, 5.74) is 1.41. The molecule has 1 N–H and O–H groups in total. The Morgan fingerprint density at radius 3 is 2.62 bits per heavy atom. The molecule has 1 aliphatic heterocycles. The molecule has 0 bridgehead atoms. The number of oxazole rings is 1. The molecule has 0 aliphatic carbocycles. The molecule has 8 nitrogen and oxygen atoms in total. The minimum Gasteiger partial charge on any atom is -0.436 e. The summed E-state index contributed by atoms with van der Waals surface area (Å²) in [4.78, 5) is 29.8. The Labute approximate surface area is 153 Å². The minimum absolute atomic E-state index is 0.175. The van der Waals surface area contributed by atoms with Crippen molar-refractivity contribution in [1.82, 2.24) is 25.2 Å². The molecule has 0 aromatic carbocycles. The third kappa shape index (κ3) is 3.85. The maximum Gasteiger partial charge on any atom is 0.291 e. The van der Waals surface area contributed by atoms with Crippen LogP contribution >= 0.6 is 0 Å². The summed E-state index contributed by atoms with van der Waals surface area (Å²) >= 11 is 0. The predicted octanol–water partition coefficient (Wildman–Crippen LogP) is 1.84. The van der Waals surface area contributed by atoms with E-state index in [9.17, 15) is 4.79 Å². The molecule has 1 unspecified atom stereocenters. The molecule has 0 radical (unpaired) electrons. The van der Waals surface area contributed by atoms with Crippen molar-refractivity contribution in [2.75, 3.05) is 32.6 Å². The largest absolute Gasteiger partial charge is 0.436 e. The molecule has 3 heterocycles. The quantitative estimate of drug-likeness (QED) is 0.872. The van der Waals surface area contributed by atoms with Crippen LogP contribution < -0.4 is 10.2 Å². The van der Waals surface area contributed by atoms with E-state index in [1.54, 1.807) is 25.8 Å². The fourth-order valence-electron chi connectivity index (χ4n) is 3.09. The second-order valence-electron chi connectivity index (χ2n) is 6.93. The molecular formula is C18H26N6O2. The molecule has 0 spiro atoms. The molecule has 1 fully saturated rings. The van der Waals surface area contributed by atoms with Gasteiger partial charge in [-0.15, -0.1) is 0 Å². The van der Waals surface area contributed by atoms with Gasteiger partial charge in [0.1, 0.15) is 11.6 Å². The number of nitrogens with one attached hydrogen (secondary N) is 1. The van der Waals surface area contributed by atoms with E-state index >= 15 is 0 Å². The van der Waals surface area contributed by atoms with Gasteiger partial charge in [-0.1, -0.05) is 0 Å². The summed E-state index contributed by atoms with van der Waals surface area (Å²) in [7, 11) is 5.64. The van der Waals surface area contributed by atoms with Crippen molar-refractivity contribution in [1.29, 1.82) is 0 Å². The normalized spacial score (nSPS) is 16.7. The van der Waals surface area contributed by atoms with Crippen molar-refractivity contribution in [2.45, 2.75) is 39.3 Å². The van der Waals surface area contributed by atoms with Crippen molar-refractivity contribution < 1.29 is 9.21 Å². The van der Waals surface area contributed by atoms with E-state index in [-0.39, 0.29) is 17.7 Å². The second kappa shape index (κ2) is 7.41. The van der Waals surface area contributed by atoms with Crippen LogP contribution in [0.4, 0.5) is 5.82 Å². The van der Waals surface area contributed by atoms with E-state index in [1.165, 1.54) is 0 Å². The average Bonchev–Trinajstić information content (AvgIpc) is 3.23. The average molecular weight is 358 g/mol. The van der Waals surface area contributed by atoms with Crippen LogP contribution in [0.1, 0.15) is 52.5 Å². The highest BCUT2D eigenvalue weighted by molar-refractivity contribution is 5.92. The summed E-state index contributed by atoms with van der Waals surface area (Å²) in [6.45, 7) is 4.87. The van der Waals surface area contributed by atoms with E-state index in [0.29, 0.717) is 18.1 Å². The van der Waals surface area contributed by atoms with E-state index in [4.69, 9.17) is 9.40 Å². The lowest BCUT2D eigenvalue weighted by Crippen LogP contribution is -2.28. The first kappa shape index (κ1) is 18.3. The van der Waals surface area contributed by atoms with Gasteiger partial charge < -0.3 is 19.5 Å². The third-order valence-corrected chi connectivity index (χ3v) is 4.46. The molecule has 3 rings (SSSR count). The van der Waals surface area contributed by atoms with Crippen molar-refractivity contribution in [3.63, 3.8) is 0 Å². The highest BCUT2D eigenvalue weighted by Gasteiger charge is 2.23. The van der Waals surface area contributed by atoms with Crippen LogP contribution in [0.25, 0.3) is 0 Å². The first-order valence-corrected chi connectivity index (χ1v) is 8.83. The Morgan fingerprint density at radius 2 is 2.04 bits per heavy atom. The SMILES string of the molecule is Cc1nc(C)c(C(=O)N(C)Cc2cc(N(C)C)nc(C3CCCN3)n2)o1. The highest BCUT2D eigenvalue weighted by atomic mass is 16.4. The van der Waals surface area contributed by atoms with Crippen LogP contribution in [0.2, 0.25) is 0 Å². The number of rotatable bonds is 5. The van der Waals surface area contributed by atoms with Gasteiger partial charge >= 0.3 is 0 Å². The van der Waals surface area contributed by atoms with Crippen LogP contribution in [0.5, 0.6) is 0 Å². The Hall–Kier alpha value is -2.48. The Morgan fingerprint density at radius 1 is 1.27 bits per heavy atom. The Balaban J connectivity index is 1.83. The number of aromatic nitrogens is 3. The van der Waals surface area contributed by atoms with Crippen molar-refractivity contribution >= 4 is 11.7 Å². The van der Waals surface area contributed by atoms with Crippen molar-refractivity contribution in [2.24, 2.45) is 0 Å². The van der Waals surface area contributed by atoms with E-state index in [1.807, 2.05) is 25.1 Å². The second-order valence-corrected chi connectivity index (χ2v) is 6.93. The summed E-state index contributed by atoms with van der Waals surface area (Å²) in [5, 5.41) is 3.43. The fraction of sp³-hybridized carbons (Fsp3) is 0.556. The van der Waals surface area contributed by atoms with E-state index in [0.717, 1.165) is 36.7 Å². The number of hydrogen-bond acceptors (Lipinski definition) is 7. The van der Waals surface area contributed by atoms with Crippen molar-refractivity contribution in [3.8, 4) is 0 Å². The lowest BCUT2D eigenvalue weighted by Gasteiger charge is -2.20. The van der Waals surface area contributed by atoms with Crippen LogP contribution in [-0.4, -0.2) is 53.4 Å². The highest BCUT2D eigenvalue weighted by Crippen LogP contribution is 2.23. The summed E-state index contributed by atoms with van der Waals surface area (Å²) in [5.74, 6) is 2.20. The fourth-order valence-corrected chi connectivity index (χ4v) is 3.09. The zero-order chi connectivity index (χ0) is 18.8. The van der Waals surface area contributed by atoms with Gasteiger partial charge in [0, 0.05) is 34.1 Å². The molecule has 1 aliphatic rings. The van der Waals surface area contributed by atoms with Gasteiger partial charge in [0.15, 0.2) is 5.89 Å². The number of amides is 1. The van der Waals surface area contributed by atoms with E-state index < -0.39 is 0 Å². The van der Waals surface area contributed by atoms with Gasteiger partial charge in [0.2, 0.25) is 5.76 Å². The maximum absolute atomic E-state index is 12.7. The molecule has 1 saturated heterocycles. The molecule has 2 aromatic rings. The first-order valence-electron chi connectivity index (χ1n) is 8.83. The summed E-state index contributed by atoms with van der Waals surface area (Å²) in [6, 6.07) is 2.09. The number of hydrogen-bond donors (Lipinski definition) is 1. The smallest absolute Gasteiger partial charge is 0.291 e. The number of nitrogens with zero attached hydrogens (tertiary/aromatic N) is 5. The molecule has 0 saturated carbocycles. The molecule has 2 aromatic heterocycles. The number of aryl methyl sites for hydroxylation is 2. The van der Waals surface area contributed by atoms with Gasteiger partial charge in [-0.05, 0) is 26.3 Å². The van der Waals surface area contributed by atoms with Gasteiger partial charge in [0.25, 0.3) is 5.91 Å². The third-order valence-electron chi connectivity index (χ3n) is 4.46. The van der Waals surface area contributed by atoms with Gasteiger partial charge in [0.05, 0.1) is 24.0 Å². The van der Waals surface area contributed by atoms with Gasteiger partial charge in [-0.25, -0.2) is 15.0 Å². The molecule has 1 amide bonds. The molecule has 140 valence electrons. The minimum atomic E-state index is -0.200. The molecule has 26 heavy (non-hydrogen) atoms. The number of carbonyl (C=O) groups is 1. The molecule has 8 heteroatoms. The Bertz CT molecular complexity index is 795.